The molecule has 0 bridgehead atoms. The number of aromatic nitrogens is 1. The first-order valence-electron chi connectivity index (χ1n) is 7.01. The molecule has 0 spiro atoms. The van der Waals surface area contributed by atoms with Crippen molar-refractivity contribution >= 4 is 23.2 Å². The van der Waals surface area contributed by atoms with Gasteiger partial charge in [-0.3, -0.25) is 14.6 Å². The summed E-state index contributed by atoms with van der Waals surface area (Å²) in [5.41, 5.74) is 2.03. The first-order chi connectivity index (χ1) is 10.5. The zero-order valence-corrected chi connectivity index (χ0v) is 13.3. The summed E-state index contributed by atoms with van der Waals surface area (Å²) in [6.45, 7) is 3.59. The zero-order valence-electron chi connectivity index (χ0n) is 12.5. The molecule has 2 aromatic heterocycles. The lowest BCUT2D eigenvalue weighted by Crippen LogP contribution is -2.33. The molecule has 0 aliphatic rings. The summed E-state index contributed by atoms with van der Waals surface area (Å²) in [4.78, 5) is 28.3. The monoisotopic (exact) mass is 318 g/mol. The highest BCUT2D eigenvalue weighted by Gasteiger charge is 2.14. The van der Waals surface area contributed by atoms with E-state index >= 15 is 0 Å². The van der Waals surface area contributed by atoms with Gasteiger partial charge in [0.25, 0.3) is 5.91 Å². The Morgan fingerprint density at radius 2 is 2.14 bits per heavy atom. The van der Waals surface area contributed by atoms with E-state index in [4.69, 9.17) is 5.11 Å². The third-order valence-electron chi connectivity index (χ3n) is 3.27. The van der Waals surface area contributed by atoms with E-state index < -0.39 is 5.97 Å². The molecular weight excluding hydrogens is 300 g/mol. The predicted octanol–water partition coefficient (Wildman–Crippen LogP) is 3.10. The standard InChI is InChI=1S/C16H18N2O3S/c1-10(5-8-15(19)20)17-16(21)12-6-7-13(18-11(12)2)14-4-3-9-22-14/h3-4,6-7,9-10H,5,8H2,1-2H3,(H,17,21)(H,19,20). The molecule has 2 aromatic rings. The van der Waals surface area contributed by atoms with Gasteiger partial charge in [-0.1, -0.05) is 6.07 Å². The van der Waals surface area contributed by atoms with Gasteiger partial charge in [-0.2, -0.15) is 0 Å². The van der Waals surface area contributed by atoms with Gasteiger partial charge >= 0.3 is 5.97 Å². The van der Waals surface area contributed by atoms with Crippen LogP contribution in [0.15, 0.2) is 29.6 Å². The predicted molar refractivity (Wildman–Crippen MR) is 86.1 cm³/mol. The number of thiophene rings is 1. The van der Waals surface area contributed by atoms with Crippen molar-refractivity contribution in [2.75, 3.05) is 0 Å². The van der Waals surface area contributed by atoms with E-state index in [1.165, 1.54) is 0 Å². The van der Waals surface area contributed by atoms with Gasteiger partial charge in [0.1, 0.15) is 0 Å². The van der Waals surface area contributed by atoms with E-state index in [1.807, 2.05) is 23.6 Å². The van der Waals surface area contributed by atoms with Crippen molar-refractivity contribution in [3.8, 4) is 10.6 Å². The number of rotatable bonds is 6. The SMILES string of the molecule is Cc1nc(-c2cccs2)ccc1C(=O)NC(C)CCC(=O)O. The summed E-state index contributed by atoms with van der Waals surface area (Å²) >= 11 is 1.60. The van der Waals surface area contributed by atoms with E-state index in [-0.39, 0.29) is 18.4 Å². The van der Waals surface area contributed by atoms with Crippen LogP contribution in [-0.2, 0) is 4.79 Å². The number of amides is 1. The largest absolute Gasteiger partial charge is 0.481 e. The Morgan fingerprint density at radius 1 is 1.36 bits per heavy atom. The summed E-state index contributed by atoms with van der Waals surface area (Å²) in [5, 5.41) is 13.4. The number of hydrogen-bond acceptors (Lipinski definition) is 4. The van der Waals surface area contributed by atoms with Crippen molar-refractivity contribution in [1.29, 1.82) is 0 Å². The van der Waals surface area contributed by atoms with Crippen LogP contribution < -0.4 is 5.32 Å². The lowest BCUT2D eigenvalue weighted by atomic mass is 10.1. The first kappa shape index (κ1) is 16.2. The zero-order chi connectivity index (χ0) is 16.1. The van der Waals surface area contributed by atoms with Gasteiger partial charge in [-0.25, -0.2) is 0 Å². The molecule has 22 heavy (non-hydrogen) atoms. The maximum Gasteiger partial charge on any atom is 0.303 e. The molecule has 0 saturated heterocycles. The average molecular weight is 318 g/mol. The molecule has 6 heteroatoms. The van der Waals surface area contributed by atoms with Crippen molar-refractivity contribution in [2.45, 2.75) is 32.7 Å². The molecule has 1 amide bonds. The first-order valence-corrected chi connectivity index (χ1v) is 7.89. The summed E-state index contributed by atoms with van der Waals surface area (Å²) in [7, 11) is 0. The number of aryl methyl sites for hydroxylation is 1. The van der Waals surface area contributed by atoms with Crippen LogP contribution in [0.1, 0.15) is 35.8 Å². The second-order valence-electron chi connectivity index (χ2n) is 5.11. The van der Waals surface area contributed by atoms with E-state index in [1.54, 1.807) is 31.3 Å². The molecule has 0 radical (unpaired) electrons. The molecule has 0 fully saturated rings. The summed E-state index contributed by atoms with van der Waals surface area (Å²) in [6, 6.07) is 7.34. The van der Waals surface area contributed by atoms with E-state index in [9.17, 15) is 9.59 Å². The number of pyridine rings is 1. The number of carboxylic acids is 1. The van der Waals surface area contributed by atoms with Crippen LogP contribution in [0.25, 0.3) is 10.6 Å². The Balaban J connectivity index is 2.05. The molecule has 2 rings (SSSR count). The molecule has 2 N–H and O–H groups in total. The lowest BCUT2D eigenvalue weighted by Gasteiger charge is -2.14. The van der Waals surface area contributed by atoms with Crippen LogP contribution in [0.5, 0.6) is 0 Å². The molecule has 0 aliphatic heterocycles. The Labute approximate surface area is 133 Å². The quantitative estimate of drug-likeness (QED) is 0.857. The van der Waals surface area contributed by atoms with Crippen LogP contribution >= 0.6 is 11.3 Å². The fourth-order valence-electron chi connectivity index (χ4n) is 2.08. The number of nitrogens with one attached hydrogen (secondary N) is 1. The fraction of sp³-hybridized carbons (Fsp3) is 0.312. The fourth-order valence-corrected chi connectivity index (χ4v) is 2.77. The van der Waals surface area contributed by atoms with Crippen molar-refractivity contribution in [3.63, 3.8) is 0 Å². The van der Waals surface area contributed by atoms with E-state index in [2.05, 4.69) is 10.3 Å². The minimum atomic E-state index is -0.862. The Hall–Kier alpha value is -2.21. The molecule has 5 nitrogen and oxygen atoms in total. The van der Waals surface area contributed by atoms with Gasteiger partial charge in [0.2, 0.25) is 0 Å². The van der Waals surface area contributed by atoms with Gasteiger partial charge < -0.3 is 10.4 Å². The van der Waals surface area contributed by atoms with Crippen molar-refractivity contribution < 1.29 is 14.7 Å². The smallest absolute Gasteiger partial charge is 0.303 e. The number of carbonyl (C=O) groups is 2. The van der Waals surface area contributed by atoms with Crippen LogP contribution in [0.2, 0.25) is 0 Å². The van der Waals surface area contributed by atoms with Crippen molar-refractivity contribution in [1.82, 2.24) is 10.3 Å². The van der Waals surface area contributed by atoms with Crippen LogP contribution in [-0.4, -0.2) is 28.0 Å². The maximum atomic E-state index is 12.2. The molecule has 1 atom stereocenters. The van der Waals surface area contributed by atoms with Gasteiger partial charge in [0.15, 0.2) is 0 Å². The number of hydrogen-bond donors (Lipinski definition) is 2. The number of carboxylic acid groups (broad SMARTS) is 1. The molecule has 0 aromatic carbocycles. The molecule has 2 heterocycles. The number of nitrogens with zero attached hydrogens (tertiary/aromatic N) is 1. The summed E-state index contributed by atoms with van der Waals surface area (Å²) < 4.78 is 0. The maximum absolute atomic E-state index is 12.2. The van der Waals surface area contributed by atoms with Gasteiger partial charge in [0, 0.05) is 12.5 Å². The Bertz CT molecular complexity index is 668. The number of carbonyl (C=O) groups excluding carboxylic acids is 1. The molecule has 0 aliphatic carbocycles. The highest BCUT2D eigenvalue weighted by molar-refractivity contribution is 7.13. The van der Waals surface area contributed by atoms with E-state index in [0.29, 0.717) is 17.7 Å². The third kappa shape index (κ3) is 4.14. The molecule has 0 saturated carbocycles. The molecule has 1 unspecified atom stereocenters. The second-order valence-corrected chi connectivity index (χ2v) is 6.06. The minimum Gasteiger partial charge on any atom is -0.481 e. The lowest BCUT2D eigenvalue weighted by molar-refractivity contribution is -0.137. The second kappa shape index (κ2) is 7.17. The van der Waals surface area contributed by atoms with Crippen LogP contribution in [0.3, 0.4) is 0 Å². The average Bonchev–Trinajstić information content (AvgIpc) is 2.99. The Morgan fingerprint density at radius 3 is 2.73 bits per heavy atom. The van der Waals surface area contributed by atoms with Gasteiger partial charge in [-0.05, 0) is 43.8 Å². The topological polar surface area (TPSA) is 79.3 Å². The normalized spacial score (nSPS) is 11.9. The van der Waals surface area contributed by atoms with Crippen molar-refractivity contribution in [3.05, 3.63) is 40.9 Å². The molecular formula is C16H18N2O3S. The van der Waals surface area contributed by atoms with Gasteiger partial charge in [-0.15, -0.1) is 11.3 Å². The Kier molecular flexibility index (Phi) is 5.27. The third-order valence-corrected chi connectivity index (χ3v) is 4.17. The highest BCUT2D eigenvalue weighted by atomic mass is 32.1. The minimum absolute atomic E-state index is 0.0377. The summed E-state index contributed by atoms with van der Waals surface area (Å²) in [6.07, 6.45) is 0.441. The van der Waals surface area contributed by atoms with Gasteiger partial charge in [0.05, 0.1) is 21.8 Å². The van der Waals surface area contributed by atoms with Crippen LogP contribution in [0.4, 0.5) is 0 Å². The highest BCUT2D eigenvalue weighted by Crippen LogP contribution is 2.23. The van der Waals surface area contributed by atoms with E-state index in [0.717, 1.165) is 10.6 Å². The summed E-state index contributed by atoms with van der Waals surface area (Å²) in [5.74, 6) is -1.08. The van der Waals surface area contributed by atoms with Crippen LogP contribution in [0, 0.1) is 6.92 Å². The number of aliphatic carboxylic acids is 1. The van der Waals surface area contributed by atoms with Crippen molar-refractivity contribution in [2.24, 2.45) is 0 Å². The molecule has 116 valence electrons.